The predicted molar refractivity (Wildman–Crippen MR) is 92.3 cm³/mol. The molecule has 0 aliphatic heterocycles. The van der Waals surface area contributed by atoms with Crippen LogP contribution < -0.4 is 0 Å². The number of rotatable bonds is 6. The fourth-order valence-electron chi connectivity index (χ4n) is 2.06. The SMILES string of the molecule is CS(=O)(=O)c1ccc(C(=O)OCC(=O)c2cccc(Cl)c2)cc1[N+](=O)[O-]. The fraction of sp³-hybridized carbons (Fsp3) is 0.125. The standard InChI is InChI=1S/C16H12ClNO7S/c1-26(23,24)15-6-5-11(8-13(15)18(21)22)16(20)25-9-14(19)10-3-2-4-12(17)7-10/h2-8H,9H2,1H3. The number of nitro benzene ring substituents is 1. The third kappa shape index (κ3) is 4.64. The van der Waals surface area contributed by atoms with Gasteiger partial charge >= 0.3 is 5.97 Å². The first-order valence-electron chi connectivity index (χ1n) is 7.04. The minimum atomic E-state index is -3.85. The molecule has 0 fully saturated rings. The van der Waals surface area contributed by atoms with E-state index in [1.807, 2.05) is 0 Å². The Morgan fingerprint density at radius 3 is 2.42 bits per heavy atom. The number of hydrogen-bond acceptors (Lipinski definition) is 7. The van der Waals surface area contributed by atoms with Gasteiger partial charge in [-0.25, -0.2) is 13.2 Å². The molecule has 0 N–H and O–H groups in total. The van der Waals surface area contributed by atoms with E-state index < -0.39 is 43.7 Å². The highest BCUT2D eigenvalue weighted by Gasteiger charge is 2.24. The van der Waals surface area contributed by atoms with E-state index in [1.54, 1.807) is 12.1 Å². The number of nitro groups is 1. The number of ether oxygens (including phenoxy) is 1. The Morgan fingerprint density at radius 1 is 1.15 bits per heavy atom. The summed E-state index contributed by atoms with van der Waals surface area (Å²) in [5, 5.41) is 11.4. The monoisotopic (exact) mass is 397 g/mol. The molecule has 0 bridgehead atoms. The van der Waals surface area contributed by atoms with Gasteiger partial charge in [0.1, 0.15) is 4.90 Å². The predicted octanol–water partition coefficient (Wildman–Crippen LogP) is 2.69. The highest BCUT2D eigenvalue weighted by Crippen LogP contribution is 2.25. The Labute approximate surface area is 153 Å². The lowest BCUT2D eigenvalue weighted by atomic mass is 10.1. The van der Waals surface area contributed by atoms with Gasteiger partial charge in [0.25, 0.3) is 5.69 Å². The molecule has 2 aromatic rings. The summed E-state index contributed by atoms with van der Waals surface area (Å²) < 4.78 is 28.0. The molecule has 0 amide bonds. The summed E-state index contributed by atoms with van der Waals surface area (Å²) in [6.07, 6.45) is 0.816. The van der Waals surface area contributed by atoms with Gasteiger partial charge in [-0.3, -0.25) is 14.9 Å². The average Bonchev–Trinajstić information content (AvgIpc) is 2.58. The Morgan fingerprint density at radius 2 is 1.85 bits per heavy atom. The fourth-order valence-corrected chi connectivity index (χ4v) is 3.08. The molecule has 2 rings (SSSR count). The highest BCUT2D eigenvalue weighted by atomic mass is 35.5. The number of halogens is 1. The zero-order valence-corrected chi connectivity index (χ0v) is 14.9. The molecular weight excluding hydrogens is 386 g/mol. The first kappa shape index (κ1) is 19.5. The second kappa shape index (κ2) is 7.63. The van der Waals surface area contributed by atoms with Gasteiger partial charge in [0.2, 0.25) is 0 Å². The zero-order valence-electron chi connectivity index (χ0n) is 13.3. The molecule has 26 heavy (non-hydrogen) atoms. The van der Waals surface area contributed by atoms with Crippen molar-refractivity contribution >= 4 is 38.9 Å². The molecule has 0 unspecified atom stereocenters. The molecule has 8 nitrogen and oxygen atoms in total. The highest BCUT2D eigenvalue weighted by molar-refractivity contribution is 7.90. The van der Waals surface area contributed by atoms with Crippen molar-refractivity contribution in [3.63, 3.8) is 0 Å². The van der Waals surface area contributed by atoms with Crippen LogP contribution in [0.25, 0.3) is 0 Å². The lowest BCUT2D eigenvalue weighted by Gasteiger charge is -2.06. The van der Waals surface area contributed by atoms with Crippen LogP contribution in [0.15, 0.2) is 47.4 Å². The van der Waals surface area contributed by atoms with Gasteiger partial charge in [-0.05, 0) is 24.3 Å². The largest absolute Gasteiger partial charge is 0.454 e. The van der Waals surface area contributed by atoms with Gasteiger partial charge in [0.05, 0.1) is 10.5 Å². The van der Waals surface area contributed by atoms with Crippen molar-refractivity contribution in [2.75, 3.05) is 12.9 Å². The molecule has 2 aromatic carbocycles. The second-order valence-electron chi connectivity index (χ2n) is 5.22. The van der Waals surface area contributed by atoms with E-state index in [4.69, 9.17) is 16.3 Å². The van der Waals surface area contributed by atoms with Gasteiger partial charge in [0.15, 0.2) is 22.2 Å². The number of esters is 1. The van der Waals surface area contributed by atoms with Gasteiger partial charge in [0, 0.05) is 22.9 Å². The van der Waals surface area contributed by atoms with E-state index in [0.29, 0.717) is 5.02 Å². The number of carbonyl (C=O) groups is 2. The molecule has 0 spiro atoms. The first-order chi connectivity index (χ1) is 12.1. The topological polar surface area (TPSA) is 121 Å². The summed E-state index contributed by atoms with van der Waals surface area (Å²) in [6, 6.07) is 8.86. The Balaban J connectivity index is 2.18. The zero-order chi connectivity index (χ0) is 19.5. The number of Topliss-reactive ketones (excluding diaryl/α,β-unsaturated/α-hetero) is 1. The molecule has 136 valence electrons. The third-order valence-corrected chi connectivity index (χ3v) is 4.65. The van der Waals surface area contributed by atoms with Crippen LogP contribution in [0.1, 0.15) is 20.7 Å². The van der Waals surface area contributed by atoms with Crippen LogP contribution in [-0.2, 0) is 14.6 Å². The van der Waals surface area contributed by atoms with Crippen LogP contribution in [0, 0.1) is 10.1 Å². The Bertz CT molecular complexity index is 1000. The summed E-state index contributed by atoms with van der Waals surface area (Å²) in [5.41, 5.74) is -0.755. The van der Waals surface area contributed by atoms with Crippen molar-refractivity contribution < 1.29 is 27.7 Å². The van der Waals surface area contributed by atoms with Crippen LogP contribution in [0.3, 0.4) is 0 Å². The number of carbonyl (C=O) groups excluding carboxylic acids is 2. The van der Waals surface area contributed by atoms with Crippen LogP contribution >= 0.6 is 11.6 Å². The average molecular weight is 398 g/mol. The number of ketones is 1. The van der Waals surface area contributed by atoms with E-state index in [0.717, 1.165) is 24.5 Å². The van der Waals surface area contributed by atoms with Gasteiger partial charge in [-0.15, -0.1) is 0 Å². The lowest BCUT2D eigenvalue weighted by molar-refractivity contribution is -0.387. The minimum Gasteiger partial charge on any atom is -0.454 e. The summed E-state index contributed by atoms with van der Waals surface area (Å²) in [7, 11) is -3.85. The molecule has 0 aliphatic rings. The van der Waals surface area contributed by atoms with Gasteiger partial charge < -0.3 is 4.74 Å². The summed E-state index contributed by atoms with van der Waals surface area (Å²) in [6.45, 7) is -0.596. The molecule has 0 saturated heterocycles. The summed E-state index contributed by atoms with van der Waals surface area (Å²) >= 11 is 5.77. The van der Waals surface area contributed by atoms with E-state index in [9.17, 15) is 28.1 Å². The van der Waals surface area contributed by atoms with E-state index in [2.05, 4.69) is 0 Å². The van der Waals surface area contributed by atoms with E-state index >= 15 is 0 Å². The molecule has 10 heteroatoms. The summed E-state index contributed by atoms with van der Waals surface area (Å²) in [4.78, 5) is 33.6. The molecule has 0 atom stereocenters. The molecule has 0 saturated carbocycles. The third-order valence-electron chi connectivity index (χ3n) is 3.27. The Kier molecular flexibility index (Phi) is 5.73. The maximum Gasteiger partial charge on any atom is 0.338 e. The molecule has 0 heterocycles. The number of benzene rings is 2. The van der Waals surface area contributed by atoms with Crippen molar-refractivity contribution in [2.24, 2.45) is 0 Å². The van der Waals surface area contributed by atoms with Crippen molar-refractivity contribution in [1.29, 1.82) is 0 Å². The van der Waals surface area contributed by atoms with Crippen molar-refractivity contribution in [1.82, 2.24) is 0 Å². The normalized spacial score (nSPS) is 11.0. The summed E-state index contributed by atoms with van der Waals surface area (Å²) in [5.74, 6) is -1.51. The first-order valence-corrected chi connectivity index (χ1v) is 9.31. The van der Waals surface area contributed by atoms with Crippen molar-refractivity contribution in [2.45, 2.75) is 4.90 Å². The Hall–Kier alpha value is -2.78. The van der Waals surface area contributed by atoms with Crippen LogP contribution in [-0.4, -0.2) is 38.0 Å². The van der Waals surface area contributed by atoms with Crippen LogP contribution in [0.5, 0.6) is 0 Å². The molecule has 0 aromatic heterocycles. The maximum atomic E-state index is 12.0. The number of nitrogens with zero attached hydrogens (tertiary/aromatic N) is 1. The van der Waals surface area contributed by atoms with Gasteiger partial charge in [-0.2, -0.15) is 0 Å². The lowest BCUT2D eigenvalue weighted by Crippen LogP contribution is -2.15. The number of sulfone groups is 1. The molecule has 0 aliphatic carbocycles. The van der Waals surface area contributed by atoms with Crippen LogP contribution in [0.2, 0.25) is 5.02 Å². The van der Waals surface area contributed by atoms with Crippen LogP contribution in [0.4, 0.5) is 5.69 Å². The second-order valence-corrected chi connectivity index (χ2v) is 7.64. The van der Waals surface area contributed by atoms with Gasteiger partial charge in [-0.1, -0.05) is 23.7 Å². The maximum absolute atomic E-state index is 12.0. The van der Waals surface area contributed by atoms with E-state index in [-0.39, 0.29) is 11.1 Å². The quantitative estimate of drug-likeness (QED) is 0.318. The minimum absolute atomic E-state index is 0.240. The molecular formula is C16H12ClNO7S. The van der Waals surface area contributed by atoms with Crippen molar-refractivity contribution in [3.8, 4) is 0 Å². The van der Waals surface area contributed by atoms with Crippen molar-refractivity contribution in [3.05, 3.63) is 68.7 Å². The number of hydrogen-bond donors (Lipinski definition) is 0. The van der Waals surface area contributed by atoms with E-state index in [1.165, 1.54) is 12.1 Å². The molecule has 0 radical (unpaired) electrons. The smallest absolute Gasteiger partial charge is 0.338 e.